The first kappa shape index (κ1) is 9.31. The highest BCUT2D eigenvalue weighted by Gasteiger charge is 2.16. The third-order valence-corrected chi connectivity index (χ3v) is 1.95. The highest BCUT2D eigenvalue weighted by molar-refractivity contribution is 8.04. The monoisotopic (exact) mass is 159 g/mol. The summed E-state index contributed by atoms with van der Waals surface area (Å²) in [6, 6.07) is 0. The second kappa shape index (κ2) is 5.12. The molecule has 0 radical (unpaired) electrons. The number of esters is 1. The molecule has 1 atom stereocenters. The molecule has 0 N–H and O–H groups in total. The molecule has 0 heterocycles. The van der Waals surface area contributed by atoms with Gasteiger partial charge in [-0.25, -0.2) is 0 Å². The molecule has 0 aliphatic carbocycles. The molecule has 0 bridgehead atoms. The van der Waals surface area contributed by atoms with E-state index in [1.165, 1.54) is 7.11 Å². The number of carbonyl (C=O) groups is 1. The standard InChI is InChI=1S/C6H9NO2S/c1-3-5(10-4-7)6(8)9-2/h5H,3H2,1-2H3. The Balaban J connectivity index is 3.83. The zero-order chi connectivity index (χ0) is 7.98. The van der Waals surface area contributed by atoms with Gasteiger partial charge in [0.25, 0.3) is 0 Å². The van der Waals surface area contributed by atoms with E-state index in [9.17, 15) is 4.79 Å². The minimum Gasteiger partial charge on any atom is -0.468 e. The number of carbonyl (C=O) groups excluding carboxylic acids is 1. The average Bonchev–Trinajstić information content (AvgIpc) is 1.99. The quantitative estimate of drug-likeness (QED) is 0.458. The summed E-state index contributed by atoms with van der Waals surface area (Å²) in [6.07, 6.45) is 0.630. The van der Waals surface area contributed by atoms with Crippen molar-refractivity contribution >= 4 is 17.7 Å². The number of rotatable bonds is 3. The number of nitrogens with zero attached hydrogens (tertiary/aromatic N) is 1. The zero-order valence-electron chi connectivity index (χ0n) is 5.96. The molecule has 0 fully saturated rings. The van der Waals surface area contributed by atoms with Crippen LogP contribution in [0, 0.1) is 10.7 Å². The maximum atomic E-state index is 10.7. The number of thioether (sulfide) groups is 1. The Labute approximate surface area is 64.4 Å². The summed E-state index contributed by atoms with van der Waals surface area (Å²) in [4.78, 5) is 10.7. The van der Waals surface area contributed by atoms with E-state index < -0.39 is 0 Å². The van der Waals surface area contributed by atoms with Gasteiger partial charge >= 0.3 is 5.97 Å². The van der Waals surface area contributed by atoms with E-state index >= 15 is 0 Å². The number of nitriles is 1. The highest BCUT2D eigenvalue weighted by atomic mass is 32.2. The van der Waals surface area contributed by atoms with Crippen LogP contribution < -0.4 is 0 Å². The van der Waals surface area contributed by atoms with Crippen molar-refractivity contribution in [2.75, 3.05) is 7.11 Å². The second-order valence-corrected chi connectivity index (χ2v) is 2.62. The lowest BCUT2D eigenvalue weighted by Crippen LogP contribution is -2.16. The molecule has 0 aliphatic heterocycles. The average molecular weight is 159 g/mol. The van der Waals surface area contributed by atoms with E-state index in [-0.39, 0.29) is 11.2 Å². The molecule has 10 heavy (non-hydrogen) atoms. The van der Waals surface area contributed by atoms with Gasteiger partial charge in [0.05, 0.1) is 7.11 Å². The summed E-state index contributed by atoms with van der Waals surface area (Å²) in [5.41, 5.74) is 0. The summed E-state index contributed by atoms with van der Waals surface area (Å²) in [7, 11) is 1.32. The van der Waals surface area contributed by atoms with Crippen LogP contribution in [0.2, 0.25) is 0 Å². The summed E-state index contributed by atoms with van der Waals surface area (Å²) < 4.78 is 4.44. The van der Waals surface area contributed by atoms with Crippen LogP contribution in [0.25, 0.3) is 0 Å². The van der Waals surface area contributed by atoms with Crippen molar-refractivity contribution in [2.45, 2.75) is 18.6 Å². The number of hydrogen-bond donors (Lipinski definition) is 0. The smallest absolute Gasteiger partial charge is 0.319 e. The first-order valence-electron chi connectivity index (χ1n) is 2.88. The molecule has 0 aromatic carbocycles. The molecule has 0 spiro atoms. The second-order valence-electron chi connectivity index (χ2n) is 1.63. The summed E-state index contributed by atoms with van der Waals surface area (Å²) >= 11 is 0.940. The van der Waals surface area contributed by atoms with Gasteiger partial charge in [-0.2, -0.15) is 5.26 Å². The Morgan fingerprint density at radius 2 is 2.50 bits per heavy atom. The molecule has 0 saturated heterocycles. The Kier molecular flexibility index (Phi) is 4.77. The van der Waals surface area contributed by atoms with Crippen molar-refractivity contribution in [2.24, 2.45) is 0 Å². The van der Waals surface area contributed by atoms with Crippen molar-refractivity contribution in [1.82, 2.24) is 0 Å². The Morgan fingerprint density at radius 3 is 2.80 bits per heavy atom. The first-order valence-corrected chi connectivity index (χ1v) is 3.76. The van der Waals surface area contributed by atoms with Gasteiger partial charge in [-0.1, -0.05) is 6.92 Å². The van der Waals surface area contributed by atoms with Crippen molar-refractivity contribution < 1.29 is 9.53 Å². The van der Waals surface area contributed by atoms with Crippen LogP contribution in [0.4, 0.5) is 0 Å². The predicted octanol–water partition coefficient (Wildman–Crippen LogP) is 1.15. The lowest BCUT2D eigenvalue weighted by atomic mass is 10.3. The zero-order valence-corrected chi connectivity index (χ0v) is 6.77. The normalized spacial score (nSPS) is 11.7. The van der Waals surface area contributed by atoms with Crippen LogP contribution >= 0.6 is 11.8 Å². The van der Waals surface area contributed by atoms with Crippen molar-refractivity contribution in [3.05, 3.63) is 0 Å². The lowest BCUT2D eigenvalue weighted by molar-refractivity contribution is -0.139. The van der Waals surface area contributed by atoms with Crippen LogP contribution in [0.5, 0.6) is 0 Å². The van der Waals surface area contributed by atoms with Crippen LogP contribution in [0.15, 0.2) is 0 Å². The molecule has 56 valence electrons. The van der Waals surface area contributed by atoms with Crippen LogP contribution in [-0.4, -0.2) is 18.3 Å². The molecule has 3 nitrogen and oxygen atoms in total. The van der Waals surface area contributed by atoms with E-state index in [0.717, 1.165) is 11.8 Å². The fourth-order valence-corrected chi connectivity index (χ4v) is 0.980. The summed E-state index contributed by atoms with van der Waals surface area (Å²) in [5.74, 6) is -0.325. The Morgan fingerprint density at radius 1 is 1.90 bits per heavy atom. The van der Waals surface area contributed by atoms with Gasteiger partial charge in [0.1, 0.15) is 10.7 Å². The lowest BCUT2D eigenvalue weighted by Gasteiger charge is -2.05. The summed E-state index contributed by atoms with van der Waals surface area (Å²) in [6.45, 7) is 1.84. The minimum atomic E-state index is -0.325. The predicted molar refractivity (Wildman–Crippen MR) is 39.3 cm³/mol. The maximum absolute atomic E-state index is 10.7. The topological polar surface area (TPSA) is 50.1 Å². The van der Waals surface area contributed by atoms with Gasteiger partial charge < -0.3 is 4.74 Å². The molecular weight excluding hydrogens is 150 g/mol. The van der Waals surface area contributed by atoms with E-state index in [0.29, 0.717) is 6.42 Å². The fourth-order valence-electron chi connectivity index (χ4n) is 0.493. The third-order valence-electron chi connectivity index (χ3n) is 1.03. The molecule has 0 aromatic rings. The first-order chi connectivity index (χ1) is 4.76. The van der Waals surface area contributed by atoms with E-state index in [2.05, 4.69) is 4.74 Å². The Hall–Kier alpha value is -0.690. The van der Waals surface area contributed by atoms with Gasteiger partial charge in [0.2, 0.25) is 0 Å². The van der Waals surface area contributed by atoms with Gasteiger partial charge in [-0.15, -0.1) is 0 Å². The van der Waals surface area contributed by atoms with Gasteiger partial charge in [-0.3, -0.25) is 4.79 Å². The largest absolute Gasteiger partial charge is 0.468 e. The summed E-state index contributed by atoms with van der Waals surface area (Å²) in [5, 5.41) is 9.74. The van der Waals surface area contributed by atoms with Crippen molar-refractivity contribution in [3.8, 4) is 5.40 Å². The molecule has 4 heteroatoms. The molecule has 0 saturated carbocycles. The van der Waals surface area contributed by atoms with Crippen LogP contribution in [0.3, 0.4) is 0 Å². The molecule has 0 aromatic heterocycles. The van der Waals surface area contributed by atoms with Crippen LogP contribution in [-0.2, 0) is 9.53 Å². The third kappa shape index (κ3) is 2.74. The molecule has 0 rings (SSSR count). The number of ether oxygens (including phenoxy) is 1. The van der Waals surface area contributed by atoms with Crippen LogP contribution in [0.1, 0.15) is 13.3 Å². The molecule has 0 aliphatic rings. The van der Waals surface area contributed by atoms with Gasteiger partial charge in [0.15, 0.2) is 0 Å². The van der Waals surface area contributed by atoms with Gasteiger partial charge in [0, 0.05) is 0 Å². The number of hydrogen-bond acceptors (Lipinski definition) is 4. The Bertz CT molecular complexity index is 152. The van der Waals surface area contributed by atoms with Crippen molar-refractivity contribution in [3.63, 3.8) is 0 Å². The van der Waals surface area contributed by atoms with E-state index in [1.54, 1.807) is 0 Å². The minimum absolute atomic E-state index is 0.324. The molecular formula is C6H9NO2S. The van der Waals surface area contributed by atoms with E-state index in [1.807, 2.05) is 12.3 Å². The SMILES string of the molecule is CCC(SC#N)C(=O)OC. The van der Waals surface area contributed by atoms with Gasteiger partial charge in [-0.05, 0) is 18.2 Å². The van der Waals surface area contributed by atoms with Crippen molar-refractivity contribution in [1.29, 1.82) is 5.26 Å². The molecule has 0 amide bonds. The maximum Gasteiger partial charge on any atom is 0.319 e. The molecule has 1 unspecified atom stereocenters. The highest BCUT2D eigenvalue weighted by Crippen LogP contribution is 2.13. The number of methoxy groups -OCH3 is 1. The van der Waals surface area contributed by atoms with E-state index in [4.69, 9.17) is 5.26 Å². The fraction of sp³-hybridized carbons (Fsp3) is 0.667. The number of thiocyanates is 1.